The van der Waals surface area contributed by atoms with Crippen molar-refractivity contribution in [3.8, 4) is 0 Å². The zero-order valence-electron chi connectivity index (χ0n) is 6.97. The molecule has 0 aromatic carbocycles. The third kappa shape index (κ3) is 1.95. The number of nitrogens with zero attached hydrogens (tertiary/aromatic N) is 1. The van der Waals surface area contributed by atoms with Crippen LogP contribution in [0, 0.1) is 0 Å². The van der Waals surface area contributed by atoms with Crippen LogP contribution in [0.4, 0.5) is 8.78 Å². The zero-order valence-corrected chi connectivity index (χ0v) is 7.72. The SMILES string of the molecule is CC(N)(c1cccnc1Cl)C(F)F. The summed E-state index contributed by atoms with van der Waals surface area (Å²) in [5.41, 5.74) is 3.82. The van der Waals surface area contributed by atoms with Crippen molar-refractivity contribution in [2.75, 3.05) is 0 Å². The highest BCUT2D eigenvalue weighted by atomic mass is 35.5. The quantitative estimate of drug-likeness (QED) is 0.754. The molecule has 13 heavy (non-hydrogen) atoms. The van der Waals surface area contributed by atoms with Gasteiger partial charge in [-0.25, -0.2) is 13.8 Å². The number of hydrogen-bond acceptors (Lipinski definition) is 2. The third-order valence-electron chi connectivity index (χ3n) is 1.79. The van der Waals surface area contributed by atoms with Crippen LogP contribution in [0.2, 0.25) is 5.15 Å². The Balaban J connectivity index is 3.14. The van der Waals surface area contributed by atoms with E-state index < -0.39 is 12.0 Å². The number of alkyl halides is 2. The smallest absolute Gasteiger partial charge is 0.260 e. The van der Waals surface area contributed by atoms with Gasteiger partial charge in [0, 0.05) is 11.8 Å². The average molecular weight is 207 g/mol. The second-order valence-corrected chi connectivity index (χ2v) is 3.28. The van der Waals surface area contributed by atoms with Crippen LogP contribution in [0.5, 0.6) is 0 Å². The fourth-order valence-corrected chi connectivity index (χ4v) is 1.23. The Morgan fingerprint density at radius 2 is 2.23 bits per heavy atom. The van der Waals surface area contributed by atoms with Crippen LogP contribution in [-0.4, -0.2) is 11.4 Å². The second kappa shape index (κ2) is 3.55. The molecule has 5 heteroatoms. The molecule has 1 unspecified atom stereocenters. The van der Waals surface area contributed by atoms with Crippen molar-refractivity contribution in [3.63, 3.8) is 0 Å². The second-order valence-electron chi connectivity index (χ2n) is 2.93. The molecule has 1 rings (SSSR count). The maximum atomic E-state index is 12.5. The van der Waals surface area contributed by atoms with Gasteiger partial charge in [0.25, 0.3) is 6.43 Å². The van der Waals surface area contributed by atoms with Gasteiger partial charge in [0.15, 0.2) is 0 Å². The van der Waals surface area contributed by atoms with Gasteiger partial charge in [-0.15, -0.1) is 0 Å². The fraction of sp³-hybridized carbons (Fsp3) is 0.375. The first-order valence-corrected chi connectivity index (χ1v) is 4.02. The average Bonchev–Trinajstić information content (AvgIpc) is 2.04. The summed E-state index contributed by atoms with van der Waals surface area (Å²) < 4.78 is 24.9. The number of hydrogen-bond donors (Lipinski definition) is 1. The van der Waals surface area contributed by atoms with E-state index in [4.69, 9.17) is 17.3 Å². The van der Waals surface area contributed by atoms with E-state index in [0.717, 1.165) is 0 Å². The molecule has 72 valence electrons. The molecular weight excluding hydrogens is 198 g/mol. The van der Waals surface area contributed by atoms with Crippen LogP contribution < -0.4 is 5.73 Å². The molecule has 0 bridgehead atoms. The van der Waals surface area contributed by atoms with E-state index in [9.17, 15) is 8.78 Å². The van der Waals surface area contributed by atoms with E-state index in [1.165, 1.54) is 25.3 Å². The number of rotatable bonds is 2. The van der Waals surface area contributed by atoms with E-state index >= 15 is 0 Å². The van der Waals surface area contributed by atoms with Crippen molar-refractivity contribution < 1.29 is 8.78 Å². The summed E-state index contributed by atoms with van der Waals surface area (Å²) >= 11 is 5.63. The number of nitrogens with two attached hydrogens (primary N) is 1. The molecular formula is C8H9ClF2N2. The lowest BCUT2D eigenvalue weighted by Crippen LogP contribution is -2.41. The van der Waals surface area contributed by atoms with Crippen molar-refractivity contribution >= 4 is 11.6 Å². The highest BCUT2D eigenvalue weighted by Gasteiger charge is 2.34. The summed E-state index contributed by atoms with van der Waals surface area (Å²) in [4.78, 5) is 3.68. The summed E-state index contributed by atoms with van der Waals surface area (Å²) in [7, 11) is 0. The van der Waals surface area contributed by atoms with Gasteiger partial charge in [0.05, 0.1) is 0 Å². The molecule has 2 N–H and O–H groups in total. The maximum Gasteiger partial charge on any atom is 0.260 e. The lowest BCUT2D eigenvalue weighted by atomic mass is 9.95. The molecule has 0 aliphatic heterocycles. The standard InChI is InChI=1S/C8H9ClF2N2/c1-8(12,7(10)11)5-3-2-4-13-6(5)9/h2-4,7H,12H2,1H3. The molecule has 1 aromatic rings. The third-order valence-corrected chi connectivity index (χ3v) is 2.09. The Hall–Kier alpha value is -0.740. The molecule has 1 heterocycles. The molecule has 0 fully saturated rings. The predicted molar refractivity (Wildman–Crippen MR) is 46.8 cm³/mol. The topological polar surface area (TPSA) is 38.9 Å². The minimum atomic E-state index is -2.67. The van der Waals surface area contributed by atoms with Crippen LogP contribution in [0.1, 0.15) is 12.5 Å². The maximum absolute atomic E-state index is 12.5. The van der Waals surface area contributed by atoms with Gasteiger partial charge in [0.1, 0.15) is 10.7 Å². The Bertz CT molecular complexity index is 302. The zero-order chi connectivity index (χ0) is 10.1. The van der Waals surface area contributed by atoms with E-state index in [1.807, 2.05) is 0 Å². The van der Waals surface area contributed by atoms with Crippen LogP contribution in [-0.2, 0) is 5.54 Å². The van der Waals surface area contributed by atoms with Gasteiger partial charge in [-0.3, -0.25) is 0 Å². The predicted octanol–water partition coefficient (Wildman–Crippen LogP) is 2.17. The minimum absolute atomic E-state index is 0.0211. The molecule has 0 radical (unpaired) electrons. The lowest BCUT2D eigenvalue weighted by molar-refractivity contribution is 0.0624. The monoisotopic (exact) mass is 206 g/mol. The van der Waals surface area contributed by atoms with E-state index in [0.29, 0.717) is 0 Å². The highest BCUT2D eigenvalue weighted by molar-refractivity contribution is 6.30. The highest BCUT2D eigenvalue weighted by Crippen LogP contribution is 2.29. The summed E-state index contributed by atoms with van der Waals surface area (Å²) in [6.45, 7) is 1.22. The van der Waals surface area contributed by atoms with Gasteiger partial charge in [-0.2, -0.15) is 0 Å². The number of halogens is 3. The van der Waals surface area contributed by atoms with Crippen LogP contribution in [0.15, 0.2) is 18.3 Å². The Morgan fingerprint density at radius 1 is 1.62 bits per heavy atom. The molecule has 1 aromatic heterocycles. The molecule has 2 nitrogen and oxygen atoms in total. The normalized spacial score (nSPS) is 15.8. The van der Waals surface area contributed by atoms with E-state index in [2.05, 4.69) is 4.98 Å². The van der Waals surface area contributed by atoms with Crippen LogP contribution >= 0.6 is 11.6 Å². The van der Waals surface area contributed by atoms with E-state index in [1.54, 1.807) is 0 Å². The van der Waals surface area contributed by atoms with Crippen molar-refractivity contribution in [3.05, 3.63) is 29.0 Å². The molecule has 0 spiro atoms. The van der Waals surface area contributed by atoms with Gasteiger partial charge in [0.2, 0.25) is 0 Å². The summed E-state index contributed by atoms with van der Waals surface area (Å²) in [5, 5.41) is 0.0211. The van der Waals surface area contributed by atoms with E-state index in [-0.39, 0.29) is 10.7 Å². The van der Waals surface area contributed by atoms with Crippen molar-refractivity contribution in [1.82, 2.24) is 4.98 Å². The first-order valence-electron chi connectivity index (χ1n) is 3.64. The number of aromatic nitrogens is 1. The summed E-state index contributed by atoms with van der Waals surface area (Å²) in [6, 6.07) is 2.97. The molecule has 0 aliphatic carbocycles. The first kappa shape index (κ1) is 10.3. The van der Waals surface area contributed by atoms with Crippen LogP contribution in [0.3, 0.4) is 0 Å². The summed E-state index contributed by atoms with van der Waals surface area (Å²) in [6.07, 6.45) is -1.25. The van der Waals surface area contributed by atoms with Crippen molar-refractivity contribution in [1.29, 1.82) is 0 Å². The molecule has 0 saturated carbocycles. The molecule has 1 atom stereocenters. The number of pyridine rings is 1. The van der Waals surface area contributed by atoms with Gasteiger partial charge >= 0.3 is 0 Å². The van der Waals surface area contributed by atoms with Gasteiger partial charge in [-0.05, 0) is 13.0 Å². The Labute approximate surface area is 79.7 Å². The van der Waals surface area contributed by atoms with Gasteiger partial charge in [-0.1, -0.05) is 17.7 Å². The Kier molecular flexibility index (Phi) is 2.83. The molecule has 0 amide bonds. The largest absolute Gasteiger partial charge is 0.317 e. The Morgan fingerprint density at radius 3 is 2.69 bits per heavy atom. The summed E-state index contributed by atoms with van der Waals surface area (Å²) in [5.74, 6) is 0. The first-order chi connectivity index (χ1) is 5.96. The van der Waals surface area contributed by atoms with Gasteiger partial charge < -0.3 is 5.73 Å². The minimum Gasteiger partial charge on any atom is -0.317 e. The molecule has 0 saturated heterocycles. The van der Waals surface area contributed by atoms with Crippen molar-refractivity contribution in [2.45, 2.75) is 18.9 Å². The van der Waals surface area contributed by atoms with Crippen molar-refractivity contribution in [2.24, 2.45) is 5.73 Å². The molecule has 0 aliphatic rings. The lowest BCUT2D eigenvalue weighted by Gasteiger charge is -2.24. The fourth-order valence-electron chi connectivity index (χ4n) is 0.905. The van der Waals surface area contributed by atoms with Crippen LogP contribution in [0.25, 0.3) is 0 Å².